The predicted molar refractivity (Wildman–Crippen MR) is 182 cm³/mol. The Morgan fingerprint density at radius 3 is 2.33 bits per heavy atom. The van der Waals surface area contributed by atoms with E-state index in [1.807, 2.05) is 75.3 Å². The number of carbonyl (C=O) groups is 2. The number of hydrogen-bond acceptors (Lipinski definition) is 7. The Kier molecular flexibility index (Phi) is 15.2. The molecule has 0 saturated carbocycles. The van der Waals surface area contributed by atoms with Crippen LogP contribution in [0.1, 0.15) is 59.8 Å². The van der Waals surface area contributed by atoms with Gasteiger partial charge in [-0.2, -0.15) is 5.10 Å². The van der Waals surface area contributed by atoms with Crippen LogP contribution < -0.4 is 5.32 Å². The van der Waals surface area contributed by atoms with Crippen molar-refractivity contribution in [1.82, 2.24) is 20.1 Å². The van der Waals surface area contributed by atoms with Crippen LogP contribution in [0.3, 0.4) is 0 Å². The highest BCUT2D eigenvalue weighted by molar-refractivity contribution is 5.97. The quantitative estimate of drug-likeness (QED) is 0.203. The minimum absolute atomic E-state index is 0.0431. The average molecular weight is 620 g/mol. The fourth-order valence-electron chi connectivity index (χ4n) is 5.30. The number of hydrogen-bond donors (Lipinski definition) is 1. The highest BCUT2D eigenvalue weighted by Gasteiger charge is 2.25. The lowest BCUT2D eigenvalue weighted by Crippen LogP contribution is -2.50. The van der Waals surface area contributed by atoms with Crippen molar-refractivity contribution in [2.24, 2.45) is 5.10 Å². The lowest BCUT2D eigenvalue weighted by atomic mass is 10.1. The molecule has 2 aliphatic heterocycles. The molecule has 0 aromatic heterocycles. The van der Waals surface area contributed by atoms with Crippen molar-refractivity contribution in [3.63, 3.8) is 0 Å². The molecule has 0 radical (unpaired) electrons. The summed E-state index contributed by atoms with van der Waals surface area (Å²) in [6.45, 7) is 14.3. The summed E-state index contributed by atoms with van der Waals surface area (Å²) < 4.78 is 11.2. The second-order valence-corrected chi connectivity index (χ2v) is 11.7. The maximum absolute atomic E-state index is 13.4. The van der Waals surface area contributed by atoms with Crippen LogP contribution in [0.2, 0.25) is 0 Å². The summed E-state index contributed by atoms with van der Waals surface area (Å²) in [5, 5.41) is 8.83. The Labute approximate surface area is 270 Å². The van der Waals surface area contributed by atoms with E-state index >= 15 is 0 Å². The van der Waals surface area contributed by atoms with E-state index in [0.717, 1.165) is 44.1 Å². The largest absolute Gasteiger partial charge is 0.381 e. The van der Waals surface area contributed by atoms with E-state index in [0.29, 0.717) is 43.8 Å². The number of nitrogens with zero attached hydrogens (tertiary/aromatic N) is 4. The summed E-state index contributed by atoms with van der Waals surface area (Å²) in [6.07, 6.45) is 26.2. The van der Waals surface area contributed by atoms with Gasteiger partial charge in [0.05, 0.1) is 6.61 Å². The van der Waals surface area contributed by atoms with Crippen LogP contribution in [0, 0.1) is 0 Å². The Bertz CT molecular complexity index is 1200. The second kappa shape index (κ2) is 19.1. The number of carbonyl (C=O) groups excluding carboxylic acids is 2. The zero-order valence-corrected chi connectivity index (χ0v) is 28.0. The molecule has 0 aromatic rings. The highest BCUT2D eigenvalue weighted by Crippen LogP contribution is 2.21. The molecular weight excluding hydrogens is 566 g/mol. The lowest BCUT2D eigenvalue weighted by Gasteiger charge is -2.35. The van der Waals surface area contributed by atoms with E-state index in [1.165, 1.54) is 19.3 Å². The molecule has 45 heavy (non-hydrogen) atoms. The maximum Gasteiger partial charge on any atom is 0.253 e. The minimum atomic E-state index is -0.391. The van der Waals surface area contributed by atoms with Crippen LogP contribution in [-0.2, 0) is 19.1 Å². The molecule has 246 valence electrons. The van der Waals surface area contributed by atoms with Gasteiger partial charge in [-0.3, -0.25) is 19.5 Å². The molecule has 0 bridgehead atoms. The van der Waals surface area contributed by atoms with Crippen LogP contribution in [0.15, 0.2) is 88.4 Å². The first-order valence-electron chi connectivity index (χ1n) is 16.3. The average Bonchev–Trinajstić information content (AvgIpc) is 3.38. The molecule has 2 aliphatic carbocycles. The normalized spacial score (nSPS) is 20.3. The first-order valence-corrected chi connectivity index (χ1v) is 16.3. The summed E-state index contributed by atoms with van der Waals surface area (Å²) in [7, 11) is 1.82. The molecule has 2 saturated heterocycles. The van der Waals surface area contributed by atoms with Crippen LogP contribution >= 0.6 is 0 Å². The number of allylic oxidation sites excluding steroid dienone is 8. The van der Waals surface area contributed by atoms with E-state index in [-0.39, 0.29) is 11.8 Å². The Hall–Kier alpha value is -3.53. The Morgan fingerprint density at radius 1 is 1.07 bits per heavy atom. The topological polar surface area (TPSA) is 86.7 Å². The molecule has 0 unspecified atom stereocenters. The van der Waals surface area contributed by atoms with Gasteiger partial charge in [-0.05, 0) is 77.2 Å². The zero-order chi connectivity index (χ0) is 32.5. The van der Waals surface area contributed by atoms with Crippen LogP contribution in [0.5, 0.6) is 0 Å². The van der Waals surface area contributed by atoms with Crippen LogP contribution in [0.25, 0.3) is 0 Å². The van der Waals surface area contributed by atoms with Crippen LogP contribution in [0.4, 0.5) is 0 Å². The fraction of sp³-hybridized carbons (Fsp3) is 0.528. The number of ether oxygens (including phenoxy) is 2. The molecule has 2 fully saturated rings. The number of amides is 2. The Morgan fingerprint density at radius 2 is 1.76 bits per heavy atom. The molecule has 0 atom stereocenters. The van der Waals surface area contributed by atoms with E-state index in [9.17, 15) is 9.59 Å². The molecule has 0 aromatic carbocycles. The molecule has 9 nitrogen and oxygen atoms in total. The Balaban J connectivity index is 0.000000821. The van der Waals surface area contributed by atoms with Gasteiger partial charge in [0.2, 0.25) is 5.91 Å². The first-order chi connectivity index (χ1) is 21.7. The van der Waals surface area contributed by atoms with Crippen molar-refractivity contribution in [3.05, 3.63) is 83.3 Å². The van der Waals surface area contributed by atoms with E-state index < -0.39 is 5.60 Å². The number of nitrogens with one attached hydrogen (secondary N) is 1. The van der Waals surface area contributed by atoms with Gasteiger partial charge in [-0.1, -0.05) is 42.9 Å². The molecular formula is C36H53N5O4. The van der Waals surface area contributed by atoms with E-state index in [4.69, 9.17) is 9.47 Å². The van der Waals surface area contributed by atoms with Crippen molar-refractivity contribution < 1.29 is 19.1 Å². The molecule has 4 aliphatic rings. The maximum atomic E-state index is 13.4. The van der Waals surface area contributed by atoms with Crippen molar-refractivity contribution in [1.29, 1.82) is 0 Å². The summed E-state index contributed by atoms with van der Waals surface area (Å²) >= 11 is 0. The van der Waals surface area contributed by atoms with Crippen LogP contribution in [-0.4, -0.2) is 98.0 Å². The summed E-state index contributed by atoms with van der Waals surface area (Å²) in [5.74, 6) is -0.174. The minimum Gasteiger partial charge on any atom is -0.381 e. The van der Waals surface area contributed by atoms with Crippen molar-refractivity contribution in [2.45, 2.75) is 65.4 Å². The number of hydrazone groups is 1. The first kappa shape index (κ1) is 35.9. The second-order valence-electron chi connectivity index (χ2n) is 11.7. The van der Waals surface area contributed by atoms with Gasteiger partial charge < -0.3 is 19.7 Å². The lowest BCUT2D eigenvalue weighted by molar-refractivity contribution is -0.128. The van der Waals surface area contributed by atoms with Crippen molar-refractivity contribution in [3.8, 4) is 0 Å². The van der Waals surface area contributed by atoms with Crippen molar-refractivity contribution in [2.75, 3.05) is 59.6 Å². The fourth-order valence-corrected chi connectivity index (χ4v) is 5.30. The highest BCUT2D eigenvalue weighted by atomic mass is 16.5. The third kappa shape index (κ3) is 12.4. The van der Waals surface area contributed by atoms with Gasteiger partial charge in [0, 0.05) is 82.2 Å². The van der Waals surface area contributed by atoms with Gasteiger partial charge in [0.1, 0.15) is 5.60 Å². The van der Waals surface area contributed by atoms with Gasteiger partial charge in [-0.25, -0.2) is 0 Å². The molecule has 2 heterocycles. The van der Waals surface area contributed by atoms with E-state index in [1.54, 1.807) is 17.3 Å². The van der Waals surface area contributed by atoms with Gasteiger partial charge >= 0.3 is 0 Å². The number of piperazine rings is 1. The van der Waals surface area contributed by atoms with Gasteiger partial charge in [0.15, 0.2) is 0 Å². The smallest absolute Gasteiger partial charge is 0.253 e. The zero-order valence-electron chi connectivity index (χ0n) is 28.0. The molecule has 1 N–H and O–H groups in total. The molecule has 9 heteroatoms. The summed E-state index contributed by atoms with van der Waals surface area (Å²) in [5.41, 5.74) is 2.79. The molecule has 4 rings (SSSR count). The van der Waals surface area contributed by atoms with E-state index in [2.05, 4.69) is 34.4 Å². The third-order valence-electron chi connectivity index (χ3n) is 8.12. The van der Waals surface area contributed by atoms with Crippen molar-refractivity contribution >= 4 is 18.0 Å². The standard InChI is InChI=1S/C31H43N5O3.C5H10O/c1-6-27(34(5)32-7-2)24-29(37)33-26-13-12-25(3)28(15-14-26)30(38)36-20-18-35(19-21-36)22-23-39-31(4)16-10-8-9-11-17-31;1-2-4-6-5-3-1/h7-11,13-17,24H,6,12,18-23H2,1-5H3,(H,33,37);1-5H2/b27-24+,32-7-;. The number of rotatable bonds is 10. The predicted octanol–water partition coefficient (Wildman–Crippen LogP) is 5.28. The molecule has 2 amide bonds. The SMILES string of the molecule is C/C=N\N(C)/C(=C/C(=O)NC1=CCC(C)=C(C(=O)N2CCN(CCOC3(C)C=CC=CC=C3)CC2)C=C1)CC.C1CCOCC1. The third-order valence-corrected chi connectivity index (χ3v) is 8.12. The molecule has 0 spiro atoms. The monoisotopic (exact) mass is 619 g/mol. The summed E-state index contributed by atoms with van der Waals surface area (Å²) in [6, 6.07) is 0. The van der Waals surface area contributed by atoms with Gasteiger partial charge in [-0.15, -0.1) is 0 Å². The van der Waals surface area contributed by atoms with Gasteiger partial charge in [0.25, 0.3) is 5.91 Å². The summed E-state index contributed by atoms with van der Waals surface area (Å²) in [4.78, 5) is 30.3.